The van der Waals surface area contributed by atoms with Gasteiger partial charge in [-0.15, -0.1) is 0 Å². The van der Waals surface area contributed by atoms with Crippen molar-refractivity contribution in [2.24, 2.45) is 53.1 Å². The van der Waals surface area contributed by atoms with E-state index in [1.807, 2.05) is 13.8 Å². The molecule has 0 aromatic heterocycles. The van der Waals surface area contributed by atoms with E-state index >= 15 is 28.8 Å². The van der Waals surface area contributed by atoms with E-state index in [-0.39, 0.29) is 121 Å². The molecule has 630 valence electrons. The number of phenolic OH excluding ortho intramolecular Hbond substituents is 3. The van der Waals surface area contributed by atoms with Crippen LogP contribution in [0.15, 0.2) is 103 Å². The van der Waals surface area contributed by atoms with Gasteiger partial charge < -0.3 is 96.9 Å². The van der Waals surface area contributed by atoms with Crippen LogP contribution in [0.1, 0.15) is 156 Å². The Morgan fingerprint density at radius 2 is 1.31 bits per heavy atom. The number of amides is 7. The van der Waals surface area contributed by atoms with Crippen LogP contribution in [-0.4, -0.2) is 170 Å². The van der Waals surface area contributed by atoms with Crippen molar-refractivity contribution in [1.29, 1.82) is 0 Å². The number of ether oxygens (including phenoxy) is 5. The normalized spacial score (nSPS) is 27.8. The number of nitrogens with two attached hydrogens (primary N) is 1. The second kappa shape index (κ2) is 35.9. The smallest absolute Gasteiger partial charge is 0.325 e. The standard InChI is InChI=1S/C84H95Cl2N7O24S/c1-5-40(19-37(2)3)79(106)92-71-59(97)28-47(31-67(100)89-84(110)88-48-10-12-50(13-11-48)113-17-6-18-118(4,111)112)80(107)90-69-46-29-64(114-62-15-8-42(73(71)101)26-55(62)85)78(117-83-77(105)76(104)75(103)66(36-87)116-83)65(30-46)115-63-16-9-43(27-56(63)86)74(102)72-82(109)91-70(61(99)34-51-44-21-38-20-39(23-44)24-45(51)22-38)54-32-49(94)33-58(96)68(54)53-25-41(7-14-57(53)95)52(35-60(69)98)81(108)93-72/h7-16,25-27,29-30,32-33,37-40,44-45,47,51-52,66,69-77,83,94-96,101-105H,5-6,17-24,28,31,34-36,87H2,1-4H3,(H,90,107)(H,91,109)(H,92,106)(H,93,108)(H2,88,89,100,110)/t38?,39?,40-,44?,45?,47+,51?,52-,66-,69-,70+,71+,72+,73-,74-,75-,76+,77-,83+/m1/s1. The molecule has 4 saturated carbocycles. The number of imide groups is 1. The Morgan fingerprint density at radius 3 is 1.92 bits per heavy atom. The summed E-state index contributed by atoms with van der Waals surface area (Å²) in [5.41, 5.74) is 4.46. The van der Waals surface area contributed by atoms with E-state index in [9.17, 15) is 63.7 Å². The number of aliphatic hydroxyl groups excluding tert-OH is 5. The van der Waals surface area contributed by atoms with Crippen molar-refractivity contribution in [2.75, 3.05) is 30.5 Å². The maximum absolute atomic E-state index is 16.6. The lowest BCUT2D eigenvalue weighted by Gasteiger charge is -2.54. The van der Waals surface area contributed by atoms with Gasteiger partial charge in [0, 0.05) is 67.3 Å². The number of halogens is 2. The Balaban J connectivity index is 0.971. The first kappa shape index (κ1) is 85.9. The number of carbonyl (C=O) groups excluding carboxylic acids is 9. The van der Waals surface area contributed by atoms with Crippen molar-refractivity contribution < 1.29 is 116 Å². The number of hydrogen-bond donors (Lipinski definition) is 15. The number of aromatic hydroxyl groups is 3. The van der Waals surface area contributed by atoms with Crippen molar-refractivity contribution in [3.05, 3.63) is 141 Å². The summed E-state index contributed by atoms with van der Waals surface area (Å²) in [5, 5.41) is 110. The van der Waals surface area contributed by atoms with E-state index in [0.717, 1.165) is 74.8 Å². The highest BCUT2D eigenvalue weighted by Crippen LogP contribution is 2.58. The van der Waals surface area contributed by atoms with Crippen molar-refractivity contribution >= 4 is 91.6 Å². The summed E-state index contributed by atoms with van der Waals surface area (Å²) in [7, 11) is -3.27. The van der Waals surface area contributed by atoms with Crippen molar-refractivity contribution in [3.8, 4) is 62.9 Å². The minimum Gasteiger partial charge on any atom is -0.508 e. The monoisotopic (exact) mass is 1690 g/mol. The molecule has 0 unspecified atom stereocenters. The van der Waals surface area contributed by atoms with Gasteiger partial charge in [-0.2, -0.15) is 0 Å². The third-order valence-corrected chi connectivity index (χ3v) is 25.1. The SMILES string of the molecule is CC[C@H](CC(C)C)C(=O)N[C@H]1C(=O)C[C@@H](CC(=O)NC(=O)Nc2ccc(OCCCS(C)(=O)=O)cc2)C(=O)N[C@H]2C(=O)C[C@H]3C(=O)N[C@H](C(=O)N[C@H](C(=O)CC4C5CC6CC(C5)CC4C6)c4cc(O)cc(O)c4-c4cc3ccc4O)[C@H](O)c3ccc(c(Cl)c3)Oc3cc2cc(c3O[C@@H]2O[C@H](CN)[C@@H](O)[C@H](O)[C@H]2O)Oc2ccc(cc2Cl)[C@H]1O. The second-order valence-electron chi connectivity index (χ2n) is 32.4. The summed E-state index contributed by atoms with van der Waals surface area (Å²) >= 11 is 14.3. The highest BCUT2D eigenvalue weighted by molar-refractivity contribution is 7.90. The summed E-state index contributed by atoms with van der Waals surface area (Å²) in [5.74, 6) is -16.1. The molecule has 10 aliphatic rings. The lowest BCUT2D eigenvalue weighted by atomic mass is 9.51. The molecular formula is C84H95Cl2N7O24S. The molecule has 6 aliphatic heterocycles. The average molecular weight is 1690 g/mol. The number of benzene rings is 6. The highest BCUT2D eigenvalue weighted by atomic mass is 35.5. The van der Waals surface area contributed by atoms with E-state index in [2.05, 4.69) is 31.9 Å². The Morgan fingerprint density at radius 1 is 0.669 bits per heavy atom. The molecule has 31 nitrogen and oxygen atoms in total. The fourth-order valence-corrected chi connectivity index (χ4v) is 18.9. The predicted octanol–water partition coefficient (Wildman–Crippen LogP) is 7.87. The summed E-state index contributed by atoms with van der Waals surface area (Å²) in [4.78, 5) is 138. The van der Waals surface area contributed by atoms with Gasteiger partial charge in [0.1, 0.15) is 105 Å². The fourth-order valence-electron chi connectivity index (χ4n) is 17.8. The largest absolute Gasteiger partial charge is 0.508 e. The van der Waals surface area contributed by atoms with E-state index in [0.29, 0.717) is 24.0 Å². The molecule has 16 N–H and O–H groups in total. The van der Waals surface area contributed by atoms with Crippen LogP contribution in [0.25, 0.3) is 11.1 Å². The van der Waals surface area contributed by atoms with Crippen LogP contribution in [0.2, 0.25) is 10.0 Å². The van der Waals surface area contributed by atoms with Gasteiger partial charge in [-0.3, -0.25) is 43.7 Å². The molecule has 6 aromatic rings. The topological polar surface area (TPSA) is 494 Å². The number of sulfone groups is 1. The Labute approximate surface area is 688 Å². The number of phenols is 3. The number of rotatable bonds is 19. The number of Topliss-reactive ketones (excluding diaryl/α,β-unsaturated/α-hetero) is 3. The number of fused-ring (bicyclic) bond motifs is 15. The molecule has 6 aromatic carbocycles. The van der Waals surface area contributed by atoms with Gasteiger partial charge in [-0.25, -0.2) is 13.2 Å². The van der Waals surface area contributed by atoms with E-state index in [4.69, 9.17) is 52.6 Å². The van der Waals surface area contributed by atoms with Gasteiger partial charge in [0.05, 0.1) is 34.2 Å². The predicted molar refractivity (Wildman–Crippen MR) is 425 cm³/mol. The average Bonchev–Trinajstić information content (AvgIpc) is 0.747. The third kappa shape index (κ3) is 19.2. The van der Waals surface area contributed by atoms with Crippen LogP contribution >= 0.6 is 23.2 Å². The van der Waals surface area contributed by atoms with Crippen LogP contribution in [0.5, 0.6) is 51.7 Å². The van der Waals surface area contributed by atoms with Gasteiger partial charge in [0.2, 0.25) is 41.6 Å². The van der Waals surface area contributed by atoms with Gasteiger partial charge >= 0.3 is 6.03 Å². The molecule has 0 spiro atoms. The minimum absolute atomic E-state index is 0.0367. The number of anilines is 1. The Hall–Kier alpha value is -10.0. The molecule has 15 bridgehead atoms. The zero-order valence-electron chi connectivity index (χ0n) is 64.8. The lowest BCUT2D eigenvalue weighted by molar-refractivity contribution is -0.270. The molecule has 1 saturated heterocycles. The van der Waals surface area contributed by atoms with Crippen molar-refractivity contribution in [2.45, 2.75) is 171 Å². The number of ketones is 3. The molecular weight excluding hydrogens is 1590 g/mol. The maximum atomic E-state index is 16.6. The first-order chi connectivity index (χ1) is 56.1. The van der Waals surface area contributed by atoms with Gasteiger partial charge in [0.25, 0.3) is 0 Å². The Kier molecular flexibility index (Phi) is 26.1. The van der Waals surface area contributed by atoms with Crippen LogP contribution < -0.4 is 56.6 Å². The molecule has 34 heteroatoms. The maximum Gasteiger partial charge on any atom is 0.325 e. The number of hydrogen-bond acceptors (Lipinski definition) is 25. The highest BCUT2D eigenvalue weighted by Gasteiger charge is 2.51. The van der Waals surface area contributed by atoms with Gasteiger partial charge in [-0.1, -0.05) is 62.2 Å². The summed E-state index contributed by atoms with van der Waals surface area (Å²) in [6.07, 6.45) is -10.3. The van der Waals surface area contributed by atoms with Crippen LogP contribution in [0.3, 0.4) is 0 Å². The molecule has 4 aliphatic carbocycles. The fraction of sp³-hybridized carbons (Fsp3) is 0.464. The summed E-state index contributed by atoms with van der Waals surface area (Å²) in [6, 6.07) is 11.5. The summed E-state index contributed by atoms with van der Waals surface area (Å²) in [6.45, 7) is 5.05. The van der Waals surface area contributed by atoms with E-state index in [1.165, 1.54) is 66.7 Å². The molecule has 7 amide bonds. The summed E-state index contributed by atoms with van der Waals surface area (Å²) < 4.78 is 54.8. The molecule has 118 heavy (non-hydrogen) atoms. The Bertz CT molecular complexity index is 4980. The second-order valence-corrected chi connectivity index (χ2v) is 35.5. The lowest BCUT2D eigenvalue weighted by Crippen LogP contribution is -2.60. The van der Waals surface area contributed by atoms with Gasteiger partial charge in [-0.05, 0) is 194 Å². The molecule has 14 atom stereocenters. The first-order valence-electron chi connectivity index (χ1n) is 39.3. The van der Waals surface area contributed by atoms with Crippen LogP contribution in [-0.2, 0) is 52.9 Å². The zero-order valence-corrected chi connectivity index (χ0v) is 67.1. The first-order valence-corrected chi connectivity index (χ1v) is 42.2. The van der Waals surface area contributed by atoms with E-state index < -0.39 is 208 Å². The van der Waals surface area contributed by atoms with Gasteiger partial charge in [0.15, 0.2) is 28.8 Å². The third-order valence-electron chi connectivity index (χ3n) is 23.5. The van der Waals surface area contributed by atoms with Crippen molar-refractivity contribution in [1.82, 2.24) is 26.6 Å². The van der Waals surface area contributed by atoms with Crippen LogP contribution in [0.4, 0.5) is 10.5 Å². The molecule has 0 radical (unpaired) electrons. The molecule has 16 rings (SSSR count). The number of aliphatic hydroxyl groups is 5. The number of nitrogens with one attached hydrogen (secondary N) is 6. The van der Waals surface area contributed by atoms with E-state index in [1.54, 1.807) is 6.92 Å². The minimum atomic E-state index is -3.27. The van der Waals surface area contributed by atoms with Crippen LogP contribution in [0, 0.1) is 47.3 Å². The quantitative estimate of drug-likeness (QED) is 0.0343. The number of carbonyl (C=O) groups is 9. The molecule has 5 fully saturated rings. The van der Waals surface area contributed by atoms with Crippen molar-refractivity contribution in [3.63, 3.8) is 0 Å². The zero-order chi connectivity index (χ0) is 84.6. The molecule has 6 heterocycles. The number of urea groups is 1.